The largest absolute Gasteiger partial charge is 0.516 e. The molecular weight excluding hydrogens is 426 g/mol. The first-order valence-corrected chi connectivity index (χ1v) is 7.03. The molecule has 0 unspecified atom stereocenters. The molecule has 3 nitrogen and oxygen atoms in total. The van der Waals surface area contributed by atoms with E-state index < -0.39 is 15.5 Å². The average molecular weight is 430 g/mol. The van der Waals surface area contributed by atoms with Crippen molar-refractivity contribution in [3.63, 3.8) is 0 Å². The van der Waals surface area contributed by atoms with Gasteiger partial charge in [0.15, 0.2) is 0 Å². The standard InChI is InChI=1S/C7H4BrF3INO2S/c8-4-1-2-6(5(12)3-4)13-16(14,15)7(9,10)11/h1-3,13H. The Labute approximate surface area is 112 Å². The third kappa shape index (κ3) is 3.23. The maximum Gasteiger partial charge on any atom is 0.516 e. The first-order chi connectivity index (χ1) is 7.13. The van der Waals surface area contributed by atoms with E-state index in [1.165, 1.54) is 22.9 Å². The SMILES string of the molecule is O=S(=O)(Nc1ccc(Br)cc1I)C(F)(F)F. The van der Waals surface area contributed by atoms with Gasteiger partial charge in [0.2, 0.25) is 0 Å². The molecule has 0 heterocycles. The zero-order chi connectivity index (χ0) is 12.6. The number of hydrogen-bond acceptors (Lipinski definition) is 2. The minimum absolute atomic E-state index is 0.110. The molecule has 0 bridgehead atoms. The van der Waals surface area contributed by atoms with E-state index in [4.69, 9.17) is 0 Å². The maximum absolute atomic E-state index is 12.1. The number of rotatable bonds is 2. The molecule has 16 heavy (non-hydrogen) atoms. The molecule has 1 aromatic carbocycles. The summed E-state index contributed by atoms with van der Waals surface area (Å²) < 4.78 is 60.3. The van der Waals surface area contributed by atoms with Crippen molar-refractivity contribution in [3.05, 3.63) is 26.2 Å². The molecule has 0 amide bonds. The number of anilines is 1. The van der Waals surface area contributed by atoms with Crippen LogP contribution in [0.4, 0.5) is 18.9 Å². The quantitative estimate of drug-likeness (QED) is 0.733. The van der Waals surface area contributed by atoms with E-state index in [-0.39, 0.29) is 5.69 Å². The Morgan fingerprint density at radius 2 is 1.88 bits per heavy atom. The van der Waals surface area contributed by atoms with Crippen molar-refractivity contribution < 1.29 is 21.6 Å². The van der Waals surface area contributed by atoms with E-state index in [1.807, 2.05) is 0 Å². The number of benzene rings is 1. The molecule has 1 rings (SSSR count). The minimum Gasteiger partial charge on any atom is -0.275 e. The first kappa shape index (κ1) is 14.0. The van der Waals surface area contributed by atoms with Crippen molar-refractivity contribution in [2.75, 3.05) is 4.72 Å². The highest BCUT2D eigenvalue weighted by Crippen LogP contribution is 2.28. The molecule has 0 saturated carbocycles. The number of halogens is 5. The lowest BCUT2D eigenvalue weighted by Gasteiger charge is -2.11. The Morgan fingerprint density at radius 1 is 1.31 bits per heavy atom. The second kappa shape index (κ2) is 4.69. The van der Waals surface area contributed by atoms with Crippen molar-refractivity contribution in [1.29, 1.82) is 0 Å². The van der Waals surface area contributed by atoms with Crippen LogP contribution in [0.1, 0.15) is 0 Å². The first-order valence-electron chi connectivity index (χ1n) is 3.67. The summed E-state index contributed by atoms with van der Waals surface area (Å²) in [5, 5.41) is 0. The predicted octanol–water partition coefficient (Wildman–Crippen LogP) is 3.32. The van der Waals surface area contributed by atoms with Gasteiger partial charge in [-0.2, -0.15) is 21.6 Å². The van der Waals surface area contributed by atoms with Gasteiger partial charge in [-0.05, 0) is 40.8 Å². The summed E-state index contributed by atoms with van der Waals surface area (Å²) >= 11 is 4.84. The van der Waals surface area contributed by atoms with Gasteiger partial charge in [0.05, 0.1) is 5.69 Å². The van der Waals surface area contributed by atoms with Crippen LogP contribution >= 0.6 is 38.5 Å². The maximum atomic E-state index is 12.1. The third-order valence-electron chi connectivity index (χ3n) is 1.48. The molecule has 0 aromatic heterocycles. The van der Waals surface area contributed by atoms with Crippen LogP contribution in [0.15, 0.2) is 22.7 Å². The van der Waals surface area contributed by atoms with E-state index in [2.05, 4.69) is 15.9 Å². The fraction of sp³-hybridized carbons (Fsp3) is 0.143. The fourth-order valence-electron chi connectivity index (χ4n) is 0.775. The monoisotopic (exact) mass is 429 g/mol. The molecule has 90 valence electrons. The van der Waals surface area contributed by atoms with Gasteiger partial charge in [0, 0.05) is 8.04 Å². The molecule has 0 aliphatic carbocycles. The van der Waals surface area contributed by atoms with Gasteiger partial charge >= 0.3 is 15.5 Å². The molecule has 1 N–H and O–H groups in total. The van der Waals surface area contributed by atoms with Gasteiger partial charge in [-0.1, -0.05) is 15.9 Å². The van der Waals surface area contributed by atoms with E-state index in [9.17, 15) is 21.6 Å². The Kier molecular flexibility index (Phi) is 4.11. The topological polar surface area (TPSA) is 46.2 Å². The predicted molar refractivity (Wildman–Crippen MR) is 65.5 cm³/mol. The number of hydrogen-bond donors (Lipinski definition) is 1. The van der Waals surface area contributed by atoms with Crippen LogP contribution in [0, 0.1) is 3.57 Å². The van der Waals surface area contributed by atoms with Crippen molar-refractivity contribution in [1.82, 2.24) is 0 Å². The van der Waals surface area contributed by atoms with E-state index in [0.29, 0.717) is 8.04 Å². The summed E-state index contributed by atoms with van der Waals surface area (Å²) in [4.78, 5) is 0. The van der Waals surface area contributed by atoms with Crippen LogP contribution in [-0.4, -0.2) is 13.9 Å². The lowest BCUT2D eigenvalue weighted by Crippen LogP contribution is -2.30. The van der Waals surface area contributed by atoms with Gasteiger partial charge in [0.25, 0.3) is 0 Å². The van der Waals surface area contributed by atoms with Crippen LogP contribution in [0.3, 0.4) is 0 Å². The summed E-state index contributed by atoms with van der Waals surface area (Å²) in [6.45, 7) is 0. The highest BCUT2D eigenvalue weighted by Gasteiger charge is 2.46. The highest BCUT2D eigenvalue weighted by atomic mass is 127. The zero-order valence-electron chi connectivity index (χ0n) is 7.35. The van der Waals surface area contributed by atoms with Crippen molar-refractivity contribution in [2.24, 2.45) is 0 Å². The molecule has 0 aliphatic heterocycles. The van der Waals surface area contributed by atoms with Gasteiger partial charge in [0.1, 0.15) is 0 Å². The summed E-state index contributed by atoms with van der Waals surface area (Å²) in [5.74, 6) is 0. The van der Waals surface area contributed by atoms with Crippen LogP contribution in [0.5, 0.6) is 0 Å². The summed E-state index contributed by atoms with van der Waals surface area (Å²) in [6, 6.07) is 4.18. The number of sulfonamides is 1. The Balaban J connectivity index is 3.07. The smallest absolute Gasteiger partial charge is 0.275 e. The molecule has 0 radical (unpaired) electrons. The summed E-state index contributed by atoms with van der Waals surface area (Å²) in [7, 11) is -5.36. The van der Waals surface area contributed by atoms with Crippen LogP contribution in [0.2, 0.25) is 0 Å². The average Bonchev–Trinajstić information content (AvgIpc) is 2.08. The Hall–Kier alpha value is -0.0300. The fourth-order valence-corrected chi connectivity index (χ4v) is 2.98. The van der Waals surface area contributed by atoms with Crippen LogP contribution in [0.25, 0.3) is 0 Å². The highest BCUT2D eigenvalue weighted by molar-refractivity contribution is 14.1. The lowest BCUT2D eigenvalue weighted by molar-refractivity contribution is -0.0429. The Morgan fingerprint density at radius 3 is 2.31 bits per heavy atom. The van der Waals surface area contributed by atoms with Gasteiger partial charge in [-0.15, -0.1) is 0 Å². The van der Waals surface area contributed by atoms with Crippen LogP contribution in [-0.2, 0) is 10.0 Å². The molecule has 0 atom stereocenters. The van der Waals surface area contributed by atoms with E-state index in [1.54, 1.807) is 22.6 Å². The summed E-state index contributed by atoms with van der Waals surface area (Å²) in [6.07, 6.45) is 0. The van der Waals surface area contributed by atoms with Gasteiger partial charge in [-0.3, -0.25) is 4.72 Å². The van der Waals surface area contributed by atoms with Crippen LogP contribution < -0.4 is 4.72 Å². The molecular formula is C7H4BrF3INO2S. The van der Waals surface area contributed by atoms with Gasteiger partial charge < -0.3 is 0 Å². The minimum atomic E-state index is -5.36. The zero-order valence-corrected chi connectivity index (χ0v) is 11.9. The molecule has 0 aliphatic rings. The van der Waals surface area contributed by atoms with Crippen molar-refractivity contribution >= 4 is 54.2 Å². The summed E-state index contributed by atoms with van der Waals surface area (Å²) in [5.41, 5.74) is -5.43. The van der Waals surface area contributed by atoms with E-state index in [0.717, 1.165) is 0 Å². The normalized spacial score (nSPS) is 12.6. The lowest BCUT2D eigenvalue weighted by atomic mass is 10.3. The second-order valence-electron chi connectivity index (χ2n) is 2.68. The number of nitrogens with one attached hydrogen (secondary N) is 1. The molecule has 0 spiro atoms. The Bertz CT molecular complexity index is 503. The molecule has 9 heteroatoms. The van der Waals surface area contributed by atoms with E-state index >= 15 is 0 Å². The van der Waals surface area contributed by atoms with Crippen molar-refractivity contribution in [3.8, 4) is 0 Å². The third-order valence-corrected chi connectivity index (χ3v) is 3.96. The van der Waals surface area contributed by atoms with Gasteiger partial charge in [-0.25, -0.2) is 0 Å². The second-order valence-corrected chi connectivity index (χ2v) is 6.43. The molecule has 0 fully saturated rings. The molecule has 0 saturated heterocycles. The number of alkyl halides is 3. The van der Waals surface area contributed by atoms with Crippen molar-refractivity contribution in [2.45, 2.75) is 5.51 Å². The molecule has 1 aromatic rings.